The number of amides is 2. The minimum atomic E-state index is -0.862. The van der Waals surface area contributed by atoms with Crippen molar-refractivity contribution in [3.63, 3.8) is 0 Å². The fourth-order valence-electron chi connectivity index (χ4n) is 2.98. The summed E-state index contributed by atoms with van der Waals surface area (Å²) in [5.74, 6) is -0.493. The summed E-state index contributed by atoms with van der Waals surface area (Å²) in [6, 6.07) is -0.151. The van der Waals surface area contributed by atoms with Crippen molar-refractivity contribution in [3.05, 3.63) is 0 Å². The molecule has 1 unspecified atom stereocenters. The molecule has 0 aromatic carbocycles. The molecular weight excluding hydrogens is 248 g/mol. The van der Waals surface area contributed by atoms with Crippen molar-refractivity contribution in [2.75, 3.05) is 19.7 Å². The Morgan fingerprint density at radius 1 is 1.37 bits per heavy atom. The predicted octanol–water partition coefficient (Wildman–Crippen LogP) is 0.798. The normalized spacial score (nSPS) is 24.9. The molecule has 2 amide bonds. The van der Waals surface area contributed by atoms with E-state index in [2.05, 4.69) is 5.32 Å². The number of urea groups is 1. The van der Waals surface area contributed by atoms with E-state index in [4.69, 9.17) is 10.2 Å². The summed E-state index contributed by atoms with van der Waals surface area (Å²) in [5.41, 5.74) is -0.530. The maximum absolute atomic E-state index is 12.1. The van der Waals surface area contributed by atoms with Crippen LogP contribution in [-0.4, -0.2) is 52.3 Å². The van der Waals surface area contributed by atoms with Gasteiger partial charge in [-0.05, 0) is 38.0 Å². The first-order valence-corrected chi connectivity index (χ1v) is 6.94. The molecule has 6 heteroatoms. The van der Waals surface area contributed by atoms with Crippen LogP contribution < -0.4 is 5.32 Å². The summed E-state index contributed by atoms with van der Waals surface area (Å²) >= 11 is 0. The molecule has 108 valence electrons. The number of carbonyl (C=O) groups excluding carboxylic acids is 1. The molecule has 2 rings (SSSR count). The Bertz CT molecular complexity index is 355. The summed E-state index contributed by atoms with van der Waals surface area (Å²) in [7, 11) is 0. The average molecular weight is 270 g/mol. The lowest BCUT2D eigenvalue weighted by Gasteiger charge is -2.42. The van der Waals surface area contributed by atoms with Crippen molar-refractivity contribution >= 4 is 12.0 Å². The zero-order chi connectivity index (χ0) is 13.9. The fourth-order valence-corrected chi connectivity index (χ4v) is 2.98. The van der Waals surface area contributed by atoms with Crippen molar-refractivity contribution in [1.82, 2.24) is 10.2 Å². The van der Waals surface area contributed by atoms with Crippen LogP contribution in [0.3, 0.4) is 0 Å². The number of hydrogen-bond donors (Lipinski definition) is 3. The van der Waals surface area contributed by atoms with Crippen LogP contribution in [0.25, 0.3) is 0 Å². The van der Waals surface area contributed by atoms with Gasteiger partial charge in [0.05, 0.1) is 12.0 Å². The van der Waals surface area contributed by atoms with Crippen LogP contribution in [0.5, 0.6) is 0 Å². The molecule has 1 aliphatic heterocycles. The lowest BCUT2D eigenvalue weighted by molar-refractivity contribution is -0.139. The predicted molar refractivity (Wildman–Crippen MR) is 68.7 cm³/mol. The van der Waals surface area contributed by atoms with Gasteiger partial charge < -0.3 is 20.4 Å². The van der Waals surface area contributed by atoms with Crippen LogP contribution >= 0.6 is 0 Å². The molecule has 0 aromatic rings. The number of nitrogens with one attached hydrogen (secondary N) is 1. The first-order valence-electron chi connectivity index (χ1n) is 6.94. The summed E-state index contributed by atoms with van der Waals surface area (Å²) < 4.78 is 0. The molecule has 0 aromatic heterocycles. The molecule has 1 saturated carbocycles. The van der Waals surface area contributed by atoms with E-state index in [1.165, 1.54) is 0 Å². The molecule has 1 heterocycles. The molecule has 6 nitrogen and oxygen atoms in total. The minimum absolute atomic E-state index is 0.00660. The van der Waals surface area contributed by atoms with Crippen molar-refractivity contribution in [3.8, 4) is 0 Å². The first-order chi connectivity index (χ1) is 9.04. The van der Waals surface area contributed by atoms with Gasteiger partial charge in [-0.25, -0.2) is 4.79 Å². The maximum Gasteiger partial charge on any atom is 0.317 e. The highest BCUT2D eigenvalue weighted by Crippen LogP contribution is 2.35. The van der Waals surface area contributed by atoms with Crippen molar-refractivity contribution in [2.24, 2.45) is 5.92 Å². The molecule has 3 N–H and O–H groups in total. The lowest BCUT2D eigenvalue weighted by Crippen LogP contribution is -2.57. The third-order valence-electron chi connectivity index (χ3n) is 4.28. The summed E-state index contributed by atoms with van der Waals surface area (Å²) in [4.78, 5) is 24.7. The largest absolute Gasteiger partial charge is 0.481 e. The van der Waals surface area contributed by atoms with Crippen molar-refractivity contribution in [2.45, 2.75) is 44.1 Å². The lowest BCUT2D eigenvalue weighted by atomic mass is 9.74. The fraction of sp³-hybridized carbons (Fsp3) is 0.846. The minimum Gasteiger partial charge on any atom is -0.481 e. The zero-order valence-corrected chi connectivity index (χ0v) is 11.1. The highest BCUT2D eigenvalue weighted by molar-refractivity contribution is 5.77. The van der Waals surface area contributed by atoms with E-state index in [0.29, 0.717) is 19.0 Å². The van der Waals surface area contributed by atoms with Crippen molar-refractivity contribution in [1.29, 1.82) is 0 Å². The third-order valence-corrected chi connectivity index (χ3v) is 4.28. The SMILES string of the molecule is O=C(O)CC1(NC(=O)N2CCC(CCO)C2)CCC1. The Morgan fingerprint density at radius 2 is 2.11 bits per heavy atom. The molecule has 1 atom stereocenters. The number of aliphatic hydroxyl groups excluding tert-OH is 1. The van der Waals surface area contributed by atoms with E-state index in [9.17, 15) is 9.59 Å². The molecular formula is C13H22N2O4. The van der Waals surface area contributed by atoms with E-state index >= 15 is 0 Å². The van der Waals surface area contributed by atoms with E-state index in [-0.39, 0.29) is 19.1 Å². The van der Waals surface area contributed by atoms with Gasteiger partial charge in [0, 0.05) is 19.7 Å². The second kappa shape index (κ2) is 5.77. The Hall–Kier alpha value is -1.30. The molecule has 1 saturated heterocycles. The number of rotatable bonds is 5. The number of aliphatic carboxylic acids is 1. The Kier molecular flexibility index (Phi) is 4.29. The quantitative estimate of drug-likeness (QED) is 0.689. The van der Waals surface area contributed by atoms with Gasteiger partial charge in [0.2, 0.25) is 0 Å². The summed E-state index contributed by atoms with van der Waals surface area (Å²) in [6.45, 7) is 1.51. The van der Waals surface area contributed by atoms with Gasteiger partial charge in [0.15, 0.2) is 0 Å². The summed E-state index contributed by atoms with van der Waals surface area (Å²) in [5, 5.41) is 20.7. The maximum atomic E-state index is 12.1. The molecule has 0 spiro atoms. The van der Waals surface area contributed by atoms with Crippen molar-refractivity contribution < 1.29 is 19.8 Å². The van der Waals surface area contributed by atoms with Crippen LogP contribution in [0.1, 0.15) is 38.5 Å². The van der Waals surface area contributed by atoms with Gasteiger partial charge in [-0.2, -0.15) is 0 Å². The van der Waals surface area contributed by atoms with Crippen LogP contribution in [0.4, 0.5) is 4.79 Å². The Balaban J connectivity index is 1.85. The topological polar surface area (TPSA) is 89.9 Å². The average Bonchev–Trinajstić information content (AvgIpc) is 2.74. The van der Waals surface area contributed by atoms with E-state index < -0.39 is 11.5 Å². The van der Waals surface area contributed by atoms with Crippen LogP contribution in [0.2, 0.25) is 0 Å². The number of carboxylic acids is 1. The van der Waals surface area contributed by atoms with Gasteiger partial charge in [0.25, 0.3) is 0 Å². The number of aliphatic hydroxyl groups is 1. The van der Waals surface area contributed by atoms with Gasteiger partial charge in [0.1, 0.15) is 0 Å². The highest BCUT2D eigenvalue weighted by Gasteiger charge is 2.41. The standard InChI is InChI=1S/C13H22N2O4/c16-7-3-10-2-6-15(9-10)12(19)14-13(4-1-5-13)8-11(17)18/h10,16H,1-9H2,(H,14,19)(H,17,18). The van der Waals surface area contributed by atoms with E-state index in [1.807, 2.05) is 0 Å². The monoisotopic (exact) mass is 270 g/mol. The highest BCUT2D eigenvalue weighted by atomic mass is 16.4. The van der Waals surface area contributed by atoms with Crippen LogP contribution in [-0.2, 0) is 4.79 Å². The second-order valence-electron chi connectivity index (χ2n) is 5.75. The number of hydrogen-bond acceptors (Lipinski definition) is 3. The van der Waals surface area contributed by atoms with Gasteiger partial charge in [-0.3, -0.25) is 4.79 Å². The summed E-state index contributed by atoms with van der Waals surface area (Å²) in [6.07, 6.45) is 4.12. The van der Waals surface area contributed by atoms with Crippen LogP contribution in [0.15, 0.2) is 0 Å². The van der Waals surface area contributed by atoms with Gasteiger partial charge >= 0.3 is 12.0 Å². The molecule has 19 heavy (non-hydrogen) atoms. The van der Waals surface area contributed by atoms with E-state index in [0.717, 1.165) is 32.1 Å². The van der Waals surface area contributed by atoms with Gasteiger partial charge in [-0.1, -0.05) is 0 Å². The molecule has 2 fully saturated rings. The molecule has 0 bridgehead atoms. The molecule has 2 aliphatic rings. The number of carbonyl (C=O) groups is 2. The Labute approximate surface area is 112 Å². The Morgan fingerprint density at radius 3 is 2.63 bits per heavy atom. The number of carboxylic acid groups (broad SMARTS) is 1. The molecule has 0 radical (unpaired) electrons. The number of likely N-dealkylation sites (tertiary alicyclic amines) is 1. The third kappa shape index (κ3) is 3.37. The second-order valence-corrected chi connectivity index (χ2v) is 5.75. The van der Waals surface area contributed by atoms with Gasteiger partial charge in [-0.15, -0.1) is 0 Å². The van der Waals surface area contributed by atoms with Crippen LogP contribution in [0, 0.1) is 5.92 Å². The van der Waals surface area contributed by atoms with E-state index in [1.54, 1.807) is 4.90 Å². The zero-order valence-electron chi connectivity index (χ0n) is 11.1. The molecule has 1 aliphatic carbocycles. The first kappa shape index (κ1) is 14.1. The smallest absolute Gasteiger partial charge is 0.317 e. The number of nitrogens with zero attached hydrogens (tertiary/aromatic N) is 1.